The summed E-state index contributed by atoms with van der Waals surface area (Å²) in [7, 11) is 0. The minimum Gasteiger partial charge on any atom is -0.480 e. The Bertz CT molecular complexity index is 487. The molecule has 1 saturated heterocycles. The zero-order valence-corrected chi connectivity index (χ0v) is 12.4. The molecule has 2 rings (SSSR count). The van der Waals surface area contributed by atoms with Crippen molar-refractivity contribution in [3.05, 3.63) is 20.8 Å². The zero-order valence-electron chi connectivity index (χ0n) is 9.98. The number of aliphatic carboxylic acids is 1. The Morgan fingerprint density at radius 2 is 2.22 bits per heavy atom. The fourth-order valence-corrected chi connectivity index (χ4v) is 3.38. The van der Waals surface area contributed by atoms with E-state index in [0.29, 0.717) is 18.5 Å². The van der Waals surface area contributed by atoms with E-state index in [1.54, 1.807) is 18.4 Å². The van der Waals surface area contributed by atoms with E-state index < -0.39 is 11.5 Å². The summed E-state index contributed by atoms with van der Waals surface area (Å²) in [6.45, 7) is 2.14. The summed E-state index contributed by atoms with van der Waals surface area (Å²) in [5.74, 6) is -1.12. The van der Waals surface area contributed by atoms with Gasteiger partial charge in [0.15, 0.2) is 0 Å². The van der Waals surface area contributed by atoms with Crippen molar-refractivity contribution in [2.45, 2.75) is 31.7 Å². The molecule has 1 amide bonds. The lowest BCUT2D eigenvalue weighted by Crippen LogP contribution is -2.57. The Hall–Kier alpha value is -0.880. The SMILES string of the molecule is CC1(C(=O)O)CCCCN1C(=O)c1csc(Br)c1. The van der Waals surface area contributed by atoms with Gasteiger partial charge in [0.05, 0.1) is 9.35 Å². The average Bonchev–Trinajstić information content (AvgIpc) is 2.75. The highest BCUT2D eigenvalue weighted by Crippen LogP contribution is 2.31. The summed E-state index contributed by atoms with van der Waals surface area (Å²) >= 11 is 4.74. The molecule has 1 aliphatic heterocycles. The van der Waals surface area contributed by atoms with Crippen LogP contribution in [0, 0.1) is 0 Å². The van der Waals surface area contributed by atoms with E-state index in [9.17, 15) is 14.7 Å². The summed E-state index contributed by atoms with van der Waals surface area (Å²) in [6, 6.07) is 1.74. The Kier molecular flexibility index (Phi) is 3.77. The number of amides is 1. The van der Waals surface area contributed by atoms with Gasteiger partial charge in [-0.05, 0) is 48.2 Å². The molecule has 0 aliphatic carbocycles. The van der Waals surface area contributed by atoms with Crippen molar-refractivity contribution in [2.75, 3.05) is 6.54 Å². The lowest BCUT2D eigenvalue weighted by molar-refractivity contribution is -0.150. The maximum absolute atomic E-state index is 12.4. The summed E-state index contributed by atoms with van der Waals surface area (Å²) in [5.41, 5.74) is -0.523. The fraction of sp³-hybridized carbons (Fsp3) is 0.500. The van der Waals surface area contributed by atoms with Gasteiger partial charge in [0.1, 0.15) is 5.54 Å². The van der Waals surface area contributed by atoms with Crippen molar-refractivity contribution in [3.8, 4) is 0 Å². The molecule has 1 unspecified atom stereocenters. The first kappa shape index (κ1) is 13.5. The van der Waals surface area contributed by atoms with Gasteiger partial charge in [0, 0.05) is 11.9 Å². The Labute approximate surface area is 118 Å². The van der Waals surface area contributed by atoms with E-state index in [2.05, 4.69) is 15.9 Å². The first-order valence-electron chi connectivity index (χ1n) is 5.74. The molecule has 1 atom stereocenters. The van der Waals surface area contributed by atoms with Gasteiger partial charge in [-0.15, -0.1) is 11.3 Å². The monoisotopic (exact) mass is 331 g/mol. The van der Waals surface area contributed by atoms with Crippen LogP contribution in [0.25, 0.3) is 0 Å². The van der Waals surface area contributed by atoms with Crippen LogP contribution in [0.2, 0.25) is 0 Å². The minimum atomic E-state index is -1.08. The van der Waals surface area contributed by atoms with Crippen molar-refractivity contribution < 1.29 is 14.7 Å². The van der Waals surface area contributed by atoms with Crippen LogP contribution in [-0.4, -0.2) is 34.0 Å². The second-order valence-corrected chi connectivity index (χ2v) is 6.92. The largest absolute Gasteiger partial charge is 0.480 e. The molecule has 0 radical (unpaired) electrons. The van der Waals surface area contributed by atoms with Crippen molar-refractivity contribution in [2.24, 2.45) is 0 Å². The third-order valence-electron chi connectivity index (χ3n) is 3.41. The number of nitrogens with zero attached hydrogens (tertiary/aromatic N) is 1. The molecule has 0 aromatic carbocycles. The summed E-state index contributed by atoms with van der Waals surface area (Å²) in [6.07, 6.45) is 2.22. The molecule has 1 aromatic heterocycles. The normalized spacial score (nSPS) is 24.0. The molecule has 6 heteroatoms. The van der Waals surface area contributed by atoms with Crippen molar-refractivity contribution in [1.82, 2.24) is 4.90 Å². The average molecular weight is 332 g/mol. The molecule has 1 aromatic rings. The van der Waals surface area contributed by atoms with Crippen LogP contribution >= 0.6 is 27.3 Å². The molecule has 2 heterocycles. The molecule has 1 aliphatic rings. The number of carbonyl (C=O) groups is 2. The molecule has 0 saturated carbocycles. The third kappa shape index (κ3) is 2.31. The zero-order chi connectivity index (χ0) is 13.3. The number of hydrogen-bond acceptors (Lipinski definition) is 3. The van der Waals surface area contributed by atoms with Crippen LogP contribution in [0.15, 0.2) is 15.2 Å². The number of piperidine rings is 1. The van der Waals surface area contributed by atoms with Crippen molar-refractivity contribution in [3.63, 3.8) is 0 Å². The highest BCUT2D eigenvalue weighted by molar-refractivity contribution is 9.11. The van der Waals surface area contributed by atoms with Crippen LogP contribution < -0.4 is 0 Å². The van der Waals surface area contributed by atoms with E-state index in [-0.39, 0.29) is 5.91 Å². The Morgan fingerprint density at radius 1 is 1.50 bits per heavy atom. The molecular formula is C12H14BrNO3S. The number of halogens is 1. The quantitative estimate of drug-likeness (QED) is 0.906. The van der Waals surface area contributed by atoms with Gasteiger partial charge < -0.3 is 10.0 Å². The van der Waals surface area contributed by atoms with Gasteiger partial charge in [0.25, 0.3) is 5.91 Å². The molecule has 18 heavy (non-hydrogen) atoms. The van der Waals surface area contributed by atoms with Crippen LogP contribution in [0.3, 0.4) is 0 Å². The topological polar surface area (TPSA) is 57.6 Å². The molecule has 1 N–H and O–H groups in total. The maximum atomic E-state index is 12.4. The Balaban J connectivity index is 2.30. The van der Waals surface area contributed by atoms with Crippen LogP contribution in [0.4, 0.5) is 0 Å². The van der Waals surface area contributed by atoms with E-state index in [4.69, 9.17) is 0 Å². The third-order valence-corrected chi connectivity index (χ3v) is 4.92. The summed E-state index contributed by atoms with van der Waals surface area (Å²) in [4.78, 5) is 25.3. The number of hydrogen-bond donors (Lipinski definition) is 1. The smallest absolute Gasteiger partial charge is 0.329 e. The maximum Gasteiger partial charge on any atom is 0.329 e. The number of rotatable bonds is 2. The van der Waals surface area contributed by atoms with E-state index >= 15 is 0 Å². The summed E-state index contributed by atoms with van der Waals surface area (Å²) < 4.78 is 0.875. The number of carbonyl (C=O) groups excluding carboxylic acids is 1. The standard InChI is InChI=1S/C12H14BrNO3S/c1-12(11(16)17)4-2-3-5-14(12)10(15)8-6-9(13)18-7-8/h6-7H,2-5H2,1H3,(H,16,17). The predicted molar refractivity (Wildman–Crippen MR) is 72.9 cm³/mol. The number of carboxylic acid groups (broad SMARTS) is 1. The van der Waals surface area contributed by atoms with Crippen molar-refractivity contribution >= 4 is 39.1 Å². The molecular weight excluding hydrogens is 318 g/mol. The number of carboxylic acids is 1. The van der Waals surface area contributed by atoms with Gasteiger partial charge in [0.2, 0.25) is 0 Å². The first-order valence-corrected chi connectivity index (χ1v) is 7.42. The second kappa shape index (κ2) is 5.01. The van der Waals surface area contributed by atoms with Crippen molar-refractivity contribution in [1.29, 1.82) is 0 Å². The molecule has 4 nitrogen and oxygen atoms in total. The lowest BCUT2D eigenvalue weighted by atomic mass is 9.88. The van der Waals surface area contributed by atoms with Gasteiger partial charge in [-0.3, -0.25) is 4.79 Å². The van der Waals surface area contributed by atoms with Crippen LogP contribution in [0.5, 0.6) is 0 Å². The van der Waals surface area contributed by atoms with Crippen LogP contribution in [0.1, 0.15) is 36.5 Å². The Morgan fingerprint density at radius 3 is 2.78 bits per heavy atom. The lowest BCUT2D eigenvalue weighted by Gasteiger charge is -2.41. The van der Waals surface area contributed by atoms with E-state index in [0.717, 1.165) is 16.6 Å². The molecule has 98 valence electrons. The fourth-order valence-electron chi connectivity index (χ4n) is 2.25. The predicted octanol–water partition coefficient (Wildman–Crippen LogP) is 2.98. The molecule has 0 bridgehead atoms. The summed E-state index contributed by atoms with van der Waals surface area (Å²) in [5, 5.41) is 11.1. The number of likely N-dealkylation sites (tertiary alicyclic amines) is 1. The highest BCUT2D eigenvalue weighted by atomic mass is 79.9. The van der Waals surface area contributed by atoms with Gasteiger partial charge in [-0.1, -0.05) is 0 Å². The highest BCUT2D eigenvalue weighted by Gasteiger charge is 2.44. The van der Waals surface area contributed by atoms with Gasteiger partial charge >= 0.3 is 5.97 Å². The minimum absolute atomic E-state index is 0.193. The van der Waals surface area contributed by atoms with Gasteiger partial charge in [-0.2, -0.15) is 0 Å². The van der Waals surface area contributed by atoms with E-state index in [1.807, 2.05) is 0 Å². The van der Waals surface area contributed by atoms with E-state index in [1.165, 1.54) is 16.2 Å². The second-order valence-electron chi connectivity index (χ2n) is 4.63. The first-order chi connectivity index (χ1) is 8.45. The van der Waals surface area contributed by atoms with Gasteiger partial charge in [-0.25, -0.2) is 4.79 Å². The molecule has 0 spiro atoms. The van der Waals surface area contributed by atoms with Crippen LogP contribution in [-0.2, 0) is 4.79 Å². The number of thiophene rings is 1. The molecule has 1 fully saturated rings.